The van der Waals surface area contributed by atoms with Crippen LogP contribution in [0.15, 0.2) is 18.2 Å². The van der Waals surface area contributed by atoms with Crippen LogP contribution in [-0.2, 0) is 22.6 Å². The summed E-state index contributed by atoms with van der Waals surface area (Å²) in [5.41, 5.74) is 2.48. The van der Waals surface area contributed by atoms with Gasteiger partial charge in [0.05, 0.1) is 18.7 Å². The minimum Gasteiger partial charge on any atom is -0.462 e. The van der Waals surface area contributed by atoms with Gasteiger partial charge in [-0.1, -0.05) is 0 Å². The van der Waals surface area contributed by atoms with Gasteiger partial charge in [0.2, 0.25) is 0 Å². The van der Waals surface area contributed by atoms with Gasteiger partial charge in [-0.05, 0) is 82.3 Å². The molecule has 0 unspecified atom stereocenters. The van der Waals surface area contributed by atoms with E-state index in [-0.39, 0.29) is 24.0 Å². The van der Waals surface area contributed by atoms with Crippen molar-refractivity contribution in [1.29, 1.82) is 0 Å². The molecule has 2 aromatic rings. The Morgan fingerprint density at radius 1 is 1.13 bits per heavy atom. The average molecular weight is 425 g/mol. The van der Waals surface area contributed by atoms with Crippen LogP contribution in [0.3, 0.4) is 0 Å². The zero-order chi connectivity index (χ0) is 21.8. The SMILES string of the molecule is CCOC(=O)c1ccc2c(c1)n(CC(=O)NC13CC4CC(CC(C4)C1)C3)c(C)[n+]2CC. The smallest absolute Gasteiger partial charge is 0.338 e. The molecule has 166 valence electrons. The molecule has 6 nitrogen and oxygen atoms in total. The quantitative estimate of drug-likeness (QED) is 0.570. The summed E-state index contributed by atoms with van der Waals surface area (Å²) in [6.07, 6.45) is 7.55. The van der Waals surface area contributed by atoms with Crippen molar-refractivity contribution in [2.75, 3.05) is 6.61 Å². The largest absolute Gasteiger partial charge is 0.462 e. The Bertz CT molecular complexity index is 1000. The second-order valence-corrected chi connectivity index (χ2v) is 10.0. The third-order valence-electron chi connectivity index (χ3n) is 7.91. The maximum Gasteiger partial charge on any atom is 0.338 e. The fraction of sp³-hybridized carbons (Fsp3) is 0.640. The summed E-state index contributed by atoms with van der Waals surface area (Å²) in [5, 5.41) is 3.49. The van der Waals surface area contributed by atoms with Crippen molar-refractivity contribution < 1.29 is 18.9 Å². The molecule has 4 bridgehead atoms. The van der Waals surface area contributed by atoms with E-state index in [1.807, 2.05) is 32.0 Å². The highest BCUT2D eigenvalue weighted by molar-refractivity contribution is 5.93. The van der Waals surface area contributed by atoms with E-state index in [1.54, 1.807) is 0 Å². The maximum atomic E-state index is 13.3. The van der Waals surface area contributed by atoms with Crippen molar-refractivity contribution in [1.82, 2.24) is 9.88 Å². The van der Waals surface area contributed by atoms with Crippen LogP contribution in [0.25, 0.3) is 11.0 Å². The molecular formula is C25H34N3O3+. The predicted molar refractivity (Wildman–Crippen MR) is 118 cm³/mol. The highest BCUT2D eigenvalue weighted by Crippen LogP contribution is 2.55. The van der Waals surface area contributed by atoms with E-state index in [1.165, 1.54) is 19.3 Å². The van der Waals surface area contributed by atoms with Gasteiger partial charge in [-0.25, -0.2) is 13.9 Å². The van der Waals surface area contributed by atoms with E-state index < -0.39 is 0 Å². The molecule has 1 amide bonds. The standard InChI is InChI=1S/C25H33N3O3/c1-4-27-16(3)28(22-11-20(6-7-21(22)27)24(30)31-5-2)15-23(29)26-25-12-17-8-18(13-25)10-19(9-17)14-25/h6-7,11,17-19H,4-5,8-10,12-15H2,1-3H3/p+1. The van der Waals surface area contributed by atoms with Crippen molar-refractivity contribution in [3.63, 3.8) is 0 Å². The Hall–Kier alpha value is -2.37. The number of nitrogens with one attached hydrogen (secondary N) is 1. The van der Waals surface area contributed by atoms with Crippen molar-refractivity contribution in [3.05, 3.63) is 29.6 Å². The molecule has 0 spiro atoms. The number of aryl methyl sites for hydroxylation is 1. The molecule has 6 heteroatoms. The summed E-state index contributed by atoms with van der Waals surface area (Å²) in [7, 11) is 0. The maximum absolute atomic E-state index is 13.3. The van der Waals surface area contributed by atoms with Gasteiger partial charge in [-0.2, -0.15) is 0 Å². The van der Waals surface area contributed by atoms with E-state index in [0.717, 1.165) is 60.4 Å². The molecule has 0 radical (unpaired) electrons. The third-order valence-corrected chi connectivity index (χ3v) is 7.91. The van der Waals surface area contributed by atoms with Crippen LogP contribution in [0, 0.1) is 24.7 Å². The zero-order valence-corrected chi connectivity index (χ0v) is 18.9. The van der Waals surface area contributed by atoms with Crippen LogP contribution < -0.4 is 9.88 Å². The molecule has 0 saturated heterocycles. The summed E-state index contributed by atoms with van der Waals surface area (Å²) < 4.78 is 9.44. The summed E-state index contributed by atoms with van der Waals surface area (Å²) in [5.74, 6) is 3.20. The van der Waals surface area contributed by atoms with Gasteiger partial charge in [-0.15, -0.1) is 0 Å². The molecule has 4 aliphatic carbocycles. The Balaban J connectivity index is 1.42. The number of esters is 1. The Kier molecular flexibility index (Phi) is 5.06. The van der Waals surface area contributed by atoms with Crippen LogP contribution in [0.2, 0.25) is 0 Å². The summed E-state index contributed by atoms with van der Waals surface area (Å²) >= 11 is 0. The van der Waals surface area contributed by atoms with Gasteiger partial charge in [0.1, 0.15) is 0 Å². The highest BCUT2D eigenvalue weighted by atomic mass is 16.5. The van der Waals surface area contributed by atoms with Crippen LogP contribution >= 0.6 is 0 Å². The number of benzene rings is 1. The molecule has 4 saturated carbocycles. The van der Waals surface area contributed by atoms with Crippen molar-refractivity contribution in [2.24, 2.45) is 17.8 Å². The van der Waals surface area contributed by atoms with Crippen molar-refractivity contribution in [2.45, 2.75) is 77.9 Å². The first-order valence-corrected chi connectivity index (χ1v) is 11.9. The monoisotopic (exact) mass is 424 g/mol. The second kappa shape index (κ2) is 7.64. The number of hydrogen-bond donors (Lipinski definition) is 1. The number of aromatic nitrogens is 2. The zero-order valence-electron chi connectivity index (χ0n) is 18.9. The number of imidazole rings is 1. The Morgan fingerprint density at radius 2 is 1.77 bits per heavy atom. The van der Waals surface area contributed by atoms with E-state index in [9.17, 15) is 9.59 Å². The van der Waals surface area contributed by atoms with Crippen LogP contribution in [0.5, 0.6) is 0 Å². The minimum absolute atomic E-state index is 0.0134. The lowest BCUT2D eigenvalue weighted by Gasteiger charge is -2.56. The molecule has 1 aromatic heterocycles. The summed E-state index contributed by atoms with van der Waals surface area (Å²) in [4.78, 5) is 25.6. The summed E-state index contributed by atoms with van der Waals surface area (Å²) in [6.45, 7) is 7.40. The predicted octanol–water partition coefficient (Wildman–Crippen LogP) is 3.52. The molecular weight excluding hydrogens is 390 g/mol. The highest BCUT2D eigenvalue weighted by Gasteiger charge is 2.51. The van der Waals surface area contributed by atoms with Gasteiger partial charge in [0, 0.05) is 18.5 Å². The van der Waals surface area contributed by atoms with E-state index in [4.69, 9.17) is 4.74 Å². The van der Waals surface area contributed by atoms with E-state index in [0.29, 0.717) is 12.2 Å². The van der Waals surface area contributed by atoms with E-state index >= 15 is 0 Å². The molecule has 4 aliphatic rings. The van der Waals surface area contributed by atoms with Crippen LogP contribution in [0.1, 0.15) is 68.6 Å². The number of nitrogens with zero attached hydrogens (tertiary/aromatic N) is 2. The van der Waals surface area contributed by atoms with Crippen molar-refractivity contribution >= 4 is 22.9 Å². The van der Waals surface area contributed by atoms with Gasteiger partial charge >= 0.3 is 5.97 Å². The number of fused-ring (bicyclic) bond motifs is 1. The number of hydrogen-bond acceptors (Lipinski definition) is 3. The number of carbonyl (C=O) groups excluding carboxylic acids is 2. The molecule has 1 N–H and O–H groups in total. The first kappa shape index (κ1) is 20.5. The second-order valence-electron chi connectivity index (χ2n) is 10.0. The number of rotatable bonds is 6. The molecule has 6 rings (SSSR count). The van der Waals surface area contributed by atoms with Gasteiger partial charge in [0.25, 0.3) is 11.7 Å². The first-order valence-electron chi connectivity index (χ1n) is 11.9. The minimum atomic E-state index is -0.323. The average Bonchev–Trinajstić information content (AvgIpc) is 2.97. The summed E-state index contributed by atoms with van der Waals surface area (Å²) in [6, 6.07) is 5.64. The van der Waals surface area contributed by atoms with Gasteiger partial charge in [-0.3, -0.25) is 4.79 Å². The van der Waals surface area contributed by atoms with Gasteiger partial charge in [0.15, 0.2) is 17.6 Å². The molecule has 1 heterocycles. The first-order chi connectivity index (χ1) is 14.9. The molecule has 0 atom stereocenters. The molecule has 1 aromatic carbocycles. The topological polar surface area (TPSA) is 64.2 Å². The lowest BCUT2D eigenvalue weighted by molar-refractivity contribution is -0.674. The lowest BCUT2D eigenvalue weighted by Crippen LogP contribution is -2.60. The fourth-order valence-corrected chi connectivity index (χ4v) is 7.15. The number of carbonyl (C=O) groups is 2. The fourth-order valence-electron chi connectivity index (χ4n) is 7.15. The molecule has 4 fully saturated rings. The third kappa shape index (κ3) is 3.54. The van der Waals surface area contributed by atoms with Crippen LogP contribution in [-0.4, -0.2) is 28.6 Å². The number of amides is 1. The molecule has 31 heavy (non-hydrogen) atoms. The van der Waals surface area contributed by atoms with Crippen molar-refractivity contribution in [3.8, 4) is 0 Å². The van der Waals surface area contributed by atoms with Gasteiger partial charge < -0.3 is 10.1 Å². The van der Waals surface area contributed by atoms with Crippen LogP contribution in [0.4, 0.5) is 0 Å². The Labute approximate surface area is 183 Å². The van der Waals surface area contributed by atoms with E-state index in [2.05, 4.69) is 21.4 Å². The Morgan fingerprint density at radius 3 is 2.35 bits per heavy atom. The molecule has 0 aliphatic heterocycles. The normalized spacial score (nSPS) is 28.8. The number of ether oxygens (including phenoxy) is 1. The lowest BCUT2D eigenvalue weighted by atomic mass is 9.53.